The van der Waals surface area contributed by atoms with Crippen LogP contribution in [0.15, 0.2) is 54.1 Å². The maximum Gasteiger partial charge on any atom is 0.416 e. The molecule has 0 saturated carbocycles. The highest BCUT2D eigenvalue weighted by Crippen LogP contribution is 2.45. The smallest absolute Gasteiger partial charge is 0.368 e. The minimum atomic E-state index is -4.99. The van der Waals surface area contributed by atoms with E-state index in [4.69, 9.17) is 4.74 Å². The number of benzene rings is 2. The SMILES string of the molecule is C[C@@H](O[C@H]1CN2C(=O)C=C(C3CCN(C(C)(C)C)CC3)CC2C1c1ccc(F)cc1)c1cc(C(F)(F)F)cc(C(F)(F)F)c1. The summed E-state index contributed by atoms with van der Waals surface area (Å²) in [6, 6.07) is 6.87. The summed E-state index contributed by atoms with van der Waals surface area (Å²) in [7, 11) is 0. The molecular formula is C33H37F7N2O2. The Balaban J connectivity index is 1.42. The molecule has 44 heavy (non-hydrogen) atoms. The molecule has 0 radical (unpaired) electrons. The summed E-state index contributed by atoms with van der Waals surface area (Å²) in [5, 5.41) is 0. The molecule has 2 saturated heterocycles. The molecule has 0 aliphatic carbocycles. The van der Waals surface area contributed by atoms with Gasteiger partial charge in [0.15, 0.2) is 0 Å². The van der Waals surface area contributed by atoms with E-state index in [2.05, 4.69) is 25.7 Å². The summed E-state index contributed by atoms with van der Waals surface area (Å²) >= 11 is 0. The van der Waals surface area contributed by atoms with E-state index in [9.17, 15) is 35.5 Å². The van der Waals surface area contributed by atoms with Crippen molar-refractivity contribution < 1.29 is 40.3 Å². The van der Waals surface area contributed by atoms with E-state index in [1.165, 1.54) is 19.1 Å². The summed E-state index contributed by atoms with van der Waals surface area (Å²) in [6.07, 6.45) is -7.83. The van der Waals surface area contributed by atoms with Crippen LogP contribution < -0.4 is 0 Å². The Kier molecular flexibility index (Phi) is 8.70. The highest BCUT2D eigenvalue weighted by atomic mass is 19.4. The molecule has 2 aromatic carbocycles. The molecule has 5 rings (SSSR count). The molecular weight excluding hydrogens is 589 g/mol. The van der Waals surface area contributed by atoms with Crippen molar-refractivity contribution in [3.05, 3.63) is 82.2 Å². The molecule has 0 aromatic heterocycles. The van der Waals surface area contributed by atoms with Crippen LogP contribution in [0.3, 0.4) is 0 Å². The standard InChI is InChI=1S/C33H37F7N2O2/c1-19(22-13-24(32(35,36)37)17-25(14-22)33(38,39)40)44-28-18-42-27(30(28)21-5-7-26(34)8-6-21)15-23(16-29(42)43)20-9-11-41(12-10-20)31(2,3)4/h5-8,13-14,16-17,19-20,27-28,30H,9-12,15,18H2,1-4H3/t19-,27?,28+,30?/m1/s1. The van der Waals surface area contributed by atoms with Crippen molar-refractivity contribution in [3.63, 3.8) is 0 Å². The van der Waals surface area contributed by atoms with E-state index < -0.39 is 47.4 Å². The minimum absolute atomic E-state index is 0.0411. The Morgan fingerprint density at radius 2 is 1.45 bits per heavy atom. The first-order chi connectivity index (χ1) is 20.4. The zero-order valence-corrected chi connectivity index (χ0v) is 25.1. The van der Waals surface area contributed by atoms with Gasteiger partial charge < -0.3 is 9.64 Å². The van der Waals surface area contributed by atoms with Crippen LogP contribution in [0, 0.1) is 11.7 Å². The van der Waals surface area contributed by atoms with Gasteiger partial charge in [-0.25, -0.2) is 4.39 Å². The number of piperidine rings is 1. The van der Waals surface area contributed by atoms with Crippen molar-refractivity contribution in [2.24, 2.45) is 5.92 Å². The van der Waals surface area contributed by atoms with Crippen molar-refractivity contribution >= 4 is 5.91 Å². The number of carbonyl (C=O) groups excluding carboxylic acids is 1. The van der Waals surface area contributed by atoms with E-state index in [1.54, 1.807) is 23.1 Å². The van der Waals surface area contributed by atoms with Gasteiger partial charge in [-0.1, -0.05) is 17.7 Å². The lowest BCUT2D eigenvalue weighted by atomic mass is 9.79. The van der Waals surface area contributed by atoms with Crippen LogP contribution in [0.2, 0.25) is 0 Å². The lowest BCUT2D eigenvalue weighted by Gasteiger charge is -2.43. The first kappa shape index (κ1) is 32.5. The summed E-state index contributed by atoms with van der Waals surface area (Å²) in [4.78, 5) is 17.6. The van der Waals surface area contributed by atoms with Crippen molar-refractivity contribution in [2.75, 3.05) is 19.6 Å². The van der Waals surface area contributed by atoms with Gasteiger partial charge >= 0.3 is 12.4 Å². The second-order valence-corrected chi connectivity index (χ2v) is 13.1. The van der Waals surface area contributed by atoms with Gasteiger partial charge in [-0.05, 0) is 107 Å². The van der Waals surface area contributed by atoms with Crippen molar-refractivity contribution in [1.82, 2.24) is 9.80 Å². The molecule has 2 unspecified atom stereocenters. The van der Waals surface area contributed by atoms with Crippen LogP contribution in [0.1, 0.15) is 81.2 Å². The fourth-order valence-electron chi connectivity index (χ4n) is 6.93. The number of hydrogen-bond acceptors (Lipinski definition) is 3. The van der Waals surface area contributed by atoms with Gasteiger partial charge in [0.1, 0.15) is 5.82 Å². The van der Waals surface area contributed by atoms with Crippen LogP contribution >= 0.6 is 0 Å². The molecule has 3 heterocycles. The molecule has 0 bridgehead atoms. The first-order valence-electron chi connectivity index (χ1n) is 14.9. The molecule has 2 fully saturated rings. The predicted octanol–water partition coefficient (Wildman–Crippen LogP) is 8.14. The van der Waals surface area contributed by atoms with Crippen LogP contribution in [0.25, 0.3) is 0 Å². The lowest BCUT2D eigenvalue weighted by Crippen LogP contribution is -2.47. The molecule has 1 amide bonds. The molecule has 3 aliphatic heterocycles. The topological polar surface area (TPSA) is 32.8 Å². The van der Waals surface area contributed by atoms with Crippen LogP contribution in [0.5, 0.6) is 0 Å². The third-order valence-electron chi connectivity index (χ3n) is 9.31. The highest BCUT2D eigenvalue weighted by molar-refractivity contribution is 5.90. The van der Waals surface area contributed by atoms with Crippen molar-refractivity contribution in [3.8, 4) is 0 Å². The normalized spacial score (nSPS) is 24.8. The Bertz CT molecular complexity index is 1350. The van der Waals surface area contributed by atoms with Gasteiger partial charge in [0, 0.05) is 30.1 Å². The van der Waals surface area contributed by atoms with Gasteiger partial charge in [-0.2, -0.15) is 26.3 Å². The van der Waals surface area contributed by atoms with Gasteiger partial charge in [0.05, 0.1) is 23.3 Å². The molecule has 3 aliphatic rings. The predicted molar refractivity (Wildman–Crippen MR) is 151 cm³/mol. The van der Waals surface area contributed by atoms with E-state index in [0.29, 0.717) is 24.1 Å². The third-order valence-corrected chi connectivity index (χ3v) is 9.31. The van der Waals surface area contributed by atoms with Gasteiger partial charge in [0.25, 0.3) is 0 Å². The largest absolute Gasteiger partial charge is 0.416 e. The number of fused-ring (bicyclic) bond motifs is 1. The maximum atomic E-state index is 13.9. The first-order valence-corrected chi connectivity index (χ1v) is 14.9. The molecule has 0 N–H and O–H groups in total. The second-order valence-electron chi connectivity index (χ2n) is 13.1. The molecule has 0 spiro atoms. The van der Waals surface area contributed by atoms with Crippen LogP contribution in [0.4, 0.5) is 30.7 Å². The molecule has 4 nitrogen and oxygen atoms in total. The van der Waals surface area contributed by atoms with Crippen molar-refractivity contribution in [2.45, 2.75) is 89.0 Å². The second kappa shape index (κ2) is 11.8. The van der Waals surface area contributed by atoms with Crippen LogP contribution in [-0.2, 0) is 21.9 Å². The minimum Gasteiger partial charge on any atom is -0.368 e. The van der Waals surface area contributed by atoms with Crippen molar-refractivity contribution in [1.29, 1.82) is 0 Å². The van der Waals surface area contributed by atoms with Gasteiger partial charge in [-0.15, -0.1) is 0 Å². The van der Waals surface area contributed by atoms with E-state index in [1.807, 2.05) is 0 Å². The number of carbonyl (C=O) groups is 1. The Hall–Kier alpha value is -2.92. The quantitative estimate of drug-likeness (QED) is 0.314. The Labute approximate surface area is 252 Å². The number of nitrogens with zero attached hydrogens (tertiary/aromatic N) is 2. The number of likely N-dealkylation sites (tertiary alicyclic amines) is 1. The summed E-state index contributed by atoms with van der Waals surface area (Å²) < 4.78 is 101. The number of hydrogen-bond donors (Lipinski definition) is 0. The van der Waals surface area contributed by atoms with Gasteiger partial charge in [0.2, 0.25) is 5.91 Å². The summed E-state index contributed by atoms with van der Waals surface area (Å²) in [5.74, 6) is -0.894. The highest BCUT2D eigenvalue weighted by Gasteiger charge is 2.48. The number of halogens is 7. The fourth-order valence-corrected chi connectivity index (χ4v) is 6.93. The molecule has 240 valence electrons. The van der Waals surface area contributed by atoms with E-state index in [0.717, 1.165) is 31.5 Å². The average Bonchev–Trinajstić information content (AvgIpc) is 3.30. The molecule has 11 heteroatoms. The zero-order chi connectivity index (χ0) is 32.2. The number of amides is 1. The average molecular weight is 627 g/mol. The summed E-state index contributed by atoms with van der Waals surface area (Å²) in [5.41, 5.74) is -1.34. The Morgan fingerprint density at radius 1 is 0.886 bits per heavy atom. The fraction of sp³-hybridized carbons (Fsp3) is 0.545. The number of alkyl halides is 6. The Morgan fingerprint density at radius 3 is 1.98 bits per heavy atom. The van der Waals surface area contributed by atoms with Gasteiger partial charge in [-0.3, -0.25) is 9.69 Å². The monoisotopic (exact) mass is 626 g/mol. The van der Waals surface area contributed by atoms with E-state index >= 15 is 0 Å². The number of ether oxygens (including phenoxy) is 1. The molecule has 2 aromatic rings. The van der Waals surface area contributed by atoms with Crippen LogP contribution in [-0.4, -0.2) is 53.0 Å². The summed E-state index contributed by atoms with van der Waals surface area (Å²) in [6.45, 7) is 9.82. The zero-order valence-electron chi connectivity index (χ0n) is 25.1. The third kappa shape index (κ3) is 6.83. The van der Waals surface area contributed by atoms with E-state index in [-0.39, 0.29) is 41.6 Å². The lowest BCUT2D eigenvalue weighted by molar-refractivity contribution is -0.143. The maximum absolute atomic E-state index is 13.9. The molecule has 4 atom stereocenters. The number of rotatable bonds is 5.